The van der Waals surface area contributed by atoms with E-state index in [1.807, 2.05) is 11.0 Å². The number of aliphatic imine (C=N–C) groups is 1. The van der Waals surface area contributed by atoms with Crippen molar-refractivity contribution in [3.63, 3.8) is 0 Å². The first-order valence-electron chi connectivity index (χ1n) is 12.9. The number of thiazole rings is 1. The Kier molecular flexibility index (Phi) is 9.60. The van der Waals surface area contributed by atoms with Gasteiger partial charge in [-0.2, -0.15) is 0 Å². The number of nitrogens with one attached hydrogen (secondary N) is 1. The molecular weight excluding hydrogens is 522 g/mol. The maximum absolute atomic E-state index is 13.3. The molecule has 2 amide bonds. The number of para-hydroxylation sites is 1. The van der Waals surface area contributed by atoms with Crippen LogP contribution < -0.4 is 21.5 Å². The average Bonchev–Trinajstić information content (AvgIpc) is 3.60. The number of ether oxygens (including phenoxy) is 1. The summed E-state index contributed by atoms with van der Waals surface area (Å²) >= 11 is 1.21. The number of aromatic nitrogens is 1. The Labute approximate surface area is 230 Å². The molecule has 0 aliphatic carbocycles. The first kappa shape index (κ1) is 28.2. The SMILES string of the molecule is NC(N)=NCCCC(NC(=O)C1CC[C@H]2CN(CCC(=O)Oc3ccccc3)CC(=O)N12)C(=O)c1nccs1. The van der Waals surface area contributed by atoms with E-state index in [2.05, 4.69) is 15.3 Å². The highest BCUT2D eigenvalue weighted by Crippen LogP contribution is 2.29. The molecule has 0 saturated carbocycles. The smallest absolute Gasteiger partial charge is 0.312 e. The van der Waals surface area contributed by atoms with Crippen LogP contribution in [0.2, 0.25) is 0 Å². The molecule has 2 fully saturated rings. The molecule has 0 spiro atoms. The summed E-state index contributed by atoms with van der Waals surface area (Å²) in [5.74, 6) is -0.731. The number of carbonyl (C=O) groups excluding carboxylic acids is 4. The summed E-state index contributed by atoms with van der Waals surface area (Å²) in [6, 6.07) is 7.24. The van der Waals surface area contributed by atoms with Gasteiger partial charge in [0.15, 0.2) is 11.0 Å². The fraction of sp³-hybridized carbons (Fsp3) is 0.462. The number of Topliss-reactive ketones (excluding diaryl/α,β-unsaturated/α-hetero) is 1. The van der Waals surface area contributed by atoms with Crippen LogP contribution in [0.5, 0.6) is 5.75 Å². The highest BCUT2D eigenvalue weighted by Gasteiger charge is 2.45. The molecule has 4 rings (SSSR count). The molecule has 2 aliphatic heterocycles. The van der Waals surface area contributed by atoms with Crippen molar-refractivity contribution in [1.82, 2.24) is 20.1 Å². The van der Waals surface area contributed by atoms with Crippen molar-refractivity contribution in [3.05, 3.63) is 46.9 Å². The van der Waals surface area contributed by atoms with Gasteiger partial charge in [0.05, 0.1) is 19.0 Å². The quantitative estimate of drug-likeness (QED) is 0.0843. The first-order chi connectivity index (χ1) is 18.8. The van der Waals surface area contributed by atoms with Crippen molar-refractivity contribution in [2.45, 2.75) is 50.2 Å². The van der Waals surface area contributed by atoms with E-state index >= 15 is 0 Å². The standard InChI is InChI=1S/C26H33N7O5S/c27-26(28)30-11-4-7-19(23(36)25-29-12-14-39-25)31-24(37)20-9-8-17-15-32(16-21(34)33(17)20)13-10-22(35)38-18-5-2-1-3-6-18/h1-3,5-6,12,14,17,19-20H,4,7-11,13,15-16H2,(H,31,37)(H4,27,28,30)/t17-,19?,20?/m0/s1. The molecule has 2 saturated heterocycles. The van der Waals surface area contributed by atoms with Gasteiger partial charge in [-0.15, -0.1) is 11.3 Å². The van der Waals surface area contributed by atoms with Gasteiger partial charge in [-0.05, 0) is 37.8 Å². The lowest BCUT2D eigenvalue weighted by atomic mass is 10.1. The summed E-state index contributed by atoms with van der Waals surface area (Å²) < 4.78 is 5.33. The van der Waals surface area contributed by atoms with Crippen LogP contribution in [0.4, 0.5) is 0 Å². The van der Waals surface area contributed by atoms with Crippen molar-refractivity contribution in [1.29, 1.82) is 0 Å². The maximum atomic E-state index is 13.3. The topological polar surface area (TPSA) is 173 Å². The van der Waals surface area contributed by atoms with Gasteiger partial charge in [-0.3, -0.25) is 29.1 Å². The third-order valence-corrected chi connectivity index (χ3v) is 7.54. The van der Waals surface area contributed by atoms with Crippen LogP contribution in [0.1, 0.15) is 41.9 Å². The molecule has 0 bridgehead atoms. The molecule has 1 aromatic heterocycles. The van der Waals surface area contributed by atoms with Gasteiger partial charge in [-0.1, -0.05) is 18.2 Å². The Morgan fingerprint density at radius 1 is 1.21 bits per heavy atom. The van der Waals surface area contributed by atoms with Crippen molar-refractivity contribution in [2.75, 3.05) is 26.2 Å². The lowest BCUT2D eigenvalue weighted by Crippen LogP contribution is -2.59. The fourth-order valence-electron chi connectivity index (χ4n) is 4.96. The van der Waals surface area contributed by atoms with Crippen molar-refractivity contribution < 1.29 is 23.9 Å². The van der Waals surface area contributed by atoms with Gasteiger partial charge in [-0.25, -0.2) is 4.98 Å². The number of esters is 1. The Balaban J connectivity index is 1.32. The Hall–Kier alpha value is -3.84. The monoisotopic (exact) mass is 555 g/mol. The number of nitrogens with zero attached hydrogens (tertiary/aromatic N) is 4. The van der Waals surface area contributed by atoms with E-state index in [1.54, 1.807) is 34.5 Å². The van der Waals surface area contributed by atoms with Crippen LogP contribution in [0, 0.1) is 0 Å². The maximum Gasteiger partial charge on any atom is 0.312 e. The summed E-state index contributed by atoms with van der Waals surface area (Å²) in [5.41, 5.74) is 10.8. The highest BCUT2D eigenvalue weighted by molar-refractivity contribution is 7.11. The normalized spacial score (nSPS) is 19.7. The fourth-order valence-corrected chi connectivity index (χ4v) is 5.59. The summed E-state index contributed by atoms with van der Waals surface area (Å²) in [6.07, 6.45) is 3.66. The molecule has 3 atom stereocenters. The van der Waals surface area contributed by atoms with Gasteiger partial charge in [0.1, 0.15) is 11.8 Å². The van der Waals surface area contributed by atoms with Crippen LogP contribution in [0.15, 0.2) is 46.9 Å². The summed E-state index contributed by atoms with van der Waals surface area (Å²) in [4.78, 5) is 63.3. The van der Waals surface area contributed by atoms with E-state index in [9.17, 15) is 19.2 Å². The highest BCUT2D eigenvalue weighted by atomic mass is 32.1. The van der Waals surface area contributed by atoms with Crippen LogP contribution in [0.3, 0.4) is 0 Å². The zero-order chi connectivity index (χ0) is 27.8. The minimum atomic E-state index is -0.802. The third-order valence-electron chi connectivity index (χ3n) is 6.75. The summed E-state index contributed by atoms with van der Waals surface area (Å²) in [7, 11) is 0. The number of guanidine groups is 1. The minimum Gasteiger partial charge on any atom is -0.426 e. The molecule has 3 heterocycles. The van der Waals surface area contributed by atoms with Gasteiger partial charge in [0, 0.05) is 37.3 Å². The number of benzene rings is 1. The van der Waals surface area contributed by atoms with Crippen LogP contribution in [0.25, 0.3) is 0 Å². The number of hydrogen-bond donors (Lipinski definition) is 3. The van der Waals surface area contributed by atoms with Gasteiger partial charge in [0.2, 0.25) is 17.6 Å². The average molecular weight is 556 g/mol. The molecule has 1 aromatic carbocycles. The van der Waals surface area contributed by atoms with E-state index in [0.29, 0.717) is 56.1 Å². The third kappa shape index (κ3) is 7.60. The number of piperazine rings is 1. The molecular formula is C26H33N7O5S. The second-order valence-corrected chi connectivity index (χ2v) is 10.4. The summed E-state index contributed by atoms with van der Waals surface area (Å²) in [5, 5.41) is 4.87. The number of carbonyl (C=O) groups is 4. The molecule has 5 N–H and O–H groups in total. The van der Waals surface area contributed by atoms with Crippen molar-refractivity contribution in [3.8, 4) is 5.75 Å². The van der Waals surface area contributed by atoms with E-state index in [0.717, 1.165) is 0 Å². The van der Waals surface area contributed by atoms with Gasteiger partial charge < -0.3 is 26.4 Å². The first-order valence-corrected chi connectivity index (χ1v) is 13.8. The lowest BCUT2D eigenvalue weighted by molar-refractivity contribution is -0.146. The summed E-state index contributed by atoms with van der Waals surface area (Å²) in [6.45, 7) is 1.39. The van der Waals surface area contributed by atoms with Gasteiger partial charge in [0.25, 0.3) is 0 Å². The lowest BCUT2D eigenvalue weighted by Gasteiger charge is -2.39. The molecule has 0 radical (unpaired) electrons. The largest absolute Gasteiger partial charge is 0.426 e. The van der Waals surface area contributed by atoms with Crippen molar-refractivity contribution >= 4 is 40.9 Å². The molecule has 208 valence electrons. The Morgan fingerprint density at radius 3 is 2.72 bits per heavy atom. The number of nitrogens with two attached hydrogens (primary N) is 2. The number of amides is 2. The number of rotatable bonds is 12. The van der Waals surface area contributed by atoms with E-state index in [-0.39, 0.29) is 48.5 Å². The molecule has 13 heteroatoms. The van der Waals surface area contributed by atoms with E-state index in [4.69, 9.17) is 16.2 Å². The molecule has 39 heavy (non-hydrogen) atoms. The van der Waals surface area contributed by atoms with Gasteiger partial charge >= 0.3 is 5.97 Å². The van der Waals surface area contributed by atoms with Crippen LogP contribution >= 0.6 is 11.3 Å². The molecule has 2 aromatic rings. The van der Waals surface area contributed by atoms with Crippen LogP contribution in [-0.2, 0) is 14.4 Å². The molecule has 12 nitrogen and oxygen atoms in total. The zero-order valence-electron chi connectivity index (χ0n) is 21.5. The number of ketones is 1. The van der Waals surface area contributed by atoms with E-state index in [1.165, 1.54) is 17.5 Å². The predicted molar refractivity (Wildman–Crippen MR) is 145 cm³/mol. The molecule has 2 unspecified atom stereocenters. The number of fused-ring (bicyclic) bond motifs is 1. The Morgan fingerprint density at radius 2 is 2.00 bits per heavy atom. The number of hydrogen-bond acceptors (Lipinski definition) is 9. The second kappa shape index (κ2) is 13.3. The van der Waals surface area contributed by atoms with Crippen LogP contribution in [-0.4, -0.2) is 88.6 Å². The van der Waals surface area contributed by atoms with E-state index < -0.39 is 12.1 Å². The van der Waals surface area contributed by atoms with Crippen molar-refractivity contribution in [2.24, 2.45) is 16.5 Å². The molecule has 2 aliphatic rings. The zero-order valence-corrected chi connectivity index (χ0v) is 22.3. The minimum absolute atomic E-state index is 0.0374. The second-order valence-electron chi connectivity index (χ2n) is 9.53. The Bertz CT molecular complexity index is 1190. The predicted octanol–water partition coefficient (Wildman–Crippen LogP) is 0.535.